The highest BCUT2D eigenvalue weighted by molar-refractivity contribution is 5.78. The van der Waals surface area contributed by atoms with Crippen LogP contribution in [0.4, 0.5) is 0 Å². The van der Waals surface area contributed by atoms with E-state index in [1.165, 1.54) is 4.57 Å². The highest BCUT2D eigenvalue weighted by atomic mass is 16.5. The molecule has 1 saturated heterocycles. The first-order valence-electron chi connectivity index (χ1n) is 8.22. The fraction of sp³-hybridized carbons (Fsp3) is 0.412. The lowest BCUT2D eigenvalue weighted by atomic mass is 9.97. The van der Waals surface area contributed by atoms with Crippen molar-refractivity contribution in [3.05, 3.63) is 34.6 Å². The van der Waals surface area contributed by atoms with E-state index in [9.17, 15) is 9.59 Å². The molecule has 0 saturated carbocycles. The average Bonchev–Trinajstić information content (AvgIpc) is 3.20. The Labute approximate surface area is 143 Å². The molecule has 0 radical (unpaired) electrons. The molecule has 0 spiro atoms. The van der Waals surface area contributed by atoms with Gasteiger partial charge in [-0.05, 0) is 31.0 Å². The number of rotatable bonds is 2. The Morgan fingerprint density at radius 2 is 2.04 bits per heavy atom. The van der Waals surface area contributed by atoms with E-state index >= 15 is 0 Å². The number of carbonyl (C=O) groups excluding carboxylic acids is 1. The number of hydrogen-bond donors (Lipinski definition) is 0. The predicted molar refractivity (Wildman–Crippen MR) is 89.0 cm³/mol. The van der Waals surface area contributed by atoms with Crippen LogP contribution < -0.4 is 5.76 Å². The Hall–Kier alpha value is -2.90. The van der Waals surface area contributed by atoms with Crippen molar-refractivity contribution in [1.82, 2.24) is 19.6 Å². The van der Waals surface area contributed by atoms with Crippen molar-refractivity contribution in [3.8, 4) is 11.4 Å². The number of fused-ring (bicyclic) bond motifs is 1. The average molecular weight is 342 g/mol. The van der Waals surface area contributed by atoms with Crippen molar-refractivity contribution in [1.29, 1.82) is 0 Å². The van der Waals surface area contributed by atoms with Gasteiger partial charge in [0, 0.05) is 38.5 Å². The highest BCUT2D eigenvalue weighted by Gasteiger charge is 2.26. The van der Waals surface area contributed by atoms with Gasteiger partial charge in [0.2, 0.25) is 17.6 Å². The van der Waals surface area contributed by atoms with Crippen LogP contribution in [0.25, 0.3) is 22.5 Å². The van der Waals surface area contributed by atoms with Crippen LogP contribution >= 0.6 is 0 Å². The Kier molecular flexibility index (Phi) is 3.67. The molecule has 1 fully saturated rings. The summed E-state index contributed by atoms with van der Waals surface area (Å²) in [6.07, 6.45) is 1.63. The topological polar surface area (TPSA) is 94.4 Å². The zero-order valence-electron chi connectivity index (χ0n) is 14.1. The number of hydrogen-bond acceptors (Lipinski definition) is 6. The molecule has 3 heterocycles. The minimum absolute atomic E-state index is 0.0994. The first kappa shape index (κ1) is 15.6. The molecule has 2 aromatic heterocycles. The van der Waals surface area contributed by atoms with Crippen LogP contribution in [0.15, 0.2) is 31.9 Å². The Bertz CT molecular complexity index is 992. The molecule has 8 nitrogen and oxygen atoms in total. The summed E-state index contributed by atoms with van der Waals surface area (Å²) in [4.78, 5) is 29.3. The number of benzene rings is 1. The number of nitrogens with zero attached hydrogens (tertiary/aromatic N) is 4. The minimum Gasteiger partial charge on any atom is -0.408 e. The molecule has 0 N–H and O–H groups in total. The van der Waals surface area contributed by atoms with Gasteiger partial charge in [0.25, 0.3) is 0 Å². The third-order valence-electron chi connectivity index (χ3n) is 4.78. The molecular formula is C17H18N4O4. The maximum atomic E-state index is 11.6. The van der Waals surface area contributed by atoms with Gasteiger partial charge in [-0.15, -0.1) is 0 Å². The maximum absolute atomic E-state index is 11.6. The lowest BCUT2D eigenvalue weighted by molar-refractivity contribution is -0.129. The normalized spacial score (nSPS) is 15.8. The van der Waals surface area contributed by atoms with Crippen molar-refractivity contribution in [2.45, 2.75) is 25.7 Å². The third-order valence-corrected chi connectivity index (χ3v) is 4.78. The Morgan fingerprint density at radius 3 is 2.76 bits per heavy atom. The number of aromatic nitrogens is 3. The summed E-state index contributed by atoms with van der Waals surface area (Å²) in [5, 5.41) is 4.06. The van der Waals surface area contributed by atoms with Gasteiger partial charge in [0.15, 0.2) is 5.58 Å². The van der Waals surface area contributed by atoms with E-state index in [0.29, 0.717) is 35.9 Å². The second-order valence-electron chi connectivity index (χ2n) is 6.35. The zero-order valence-corrected chi connectivity index (χ0v) is 14.1. The molecule has 8 heteroatoms. The summed E-state index contributed by atoms with van der Waals surface area (Å²) in [5.41, 5.74) is 1.94. The number of amides is 1. The van der Waals surface area contributed by atoms with Gasteiger partial charge < -0.3 is 13.8 Å². The van der Waals surface area contributed by atoms with Gasteiger partial charge in [0.05, 0.1) is 5.52 Å². The van der Waals surface area contributed by atoms with Crippen molar-refractivity contribution < 1.29 is 13.7 Å². The molecule has 1 aliphatic heterocycles. The number of oxazole rings is 1. The van der Waals surface area contributed by atoms with Crippen LogP contribution in [0.5, 0.6) is 0 Å². The number of likely N-dealkylation sites (tertiary alicyclic amines) is 1. The Morgan fingerprint density at radius 1 is 1.28 bits per heavy atom. The fourth-order valence-electron chi connectivity index (χ4n) is 3.23. The van der Waals surface area contributed by atoms with E-state index < -0.39 is 5.76 Å². The summed E-state index contributed by atoms with van der Waals surface area (Å²) >= 11 is 0. The molecule has 0 unspecified atom stereocenters. The first-order chi connectivity index (χ1) is 12.0. The van der Waals surface area contributed by atoms with E-state index in [1.54, 1.807) is 26.1 Å². The lowest BCUT2D eigenvalue weighted by Crippen LogP contribution is -2.36. The van der Waals surface area contributed by atoms with Crippen LogP contribution in [0.2, 0.25) is 0 Å². The lowest BCUT2D eigenvalue weighted by Gasteiger charge is -2.29. The molecular weight excluding hydrogens is 324 g/mol. The summed E-state index contributed by atoms with van der Waals surface area (Å²) in [6, 6.07) is 5.38. The van der Waals surface area contributed by atoms with Crippen LogP contribution in [-0.4, -0.2) is 38.6 Å². The van der Waals surface area contributed by atoms with Gasteiger partial charge in [0.1, 0.15) is 0 Å². The van der Waals surface area contributed by atoms with E-state index in [0.717, 1.165) is 18.4 Å². The number of carbonyl (C=O) groups is 1. The highest BCUT2D eigenvalue weighted by Crippen LogP contribution is 2.29. The zero-order chi connectivity index (χ0) is 17.6. The molecule has 1 aromatic carbocycles. The molecule has 0 atom stereocenters. The van der Waals surface area contributed by atoms with Crippen molar-refractivity contribution in [2.24, 2.45) is 7.05 Å². The van der Waals surface area contributed by atoms with E-state index in [4.69, 9.17) is 8.94 Å². The van der Waals surface area contributed by atoms with Gasteiger partial charge in [-0.3, -0.25) is 9.36 Å². The van der Waals surface area contributed by atoms with Crippen LogP contribution in [-0.2, 0) is 11.8 Å². The molecule has 0 bridgehead atoms. The predicted octanol–water partition coefficient (Wildman–Crippen LogP) is 1.91. The second kappa shape index (κ2) is 5.87. The van der Waals surface area contributed by atoms with Crippen molar-refractivity contribution in [2.75, 3.05) is 13.1 Å². The fourth-order valence-corrected chi connectivity index (χ4v) is 3.23. The van der Waals surface area contributed by atoms with Gasteiger partial charge >= 0.3 is 5.76 Å². The minimum atomic E-state index is -0.404. The van der Waals surface area contributed by atoms with Crippen LogP contribution in [0.1, 0.15) is 31.6 Å². The summed E-state index contributed by atoms with van der Waals surface area (Å²) in [6.45, 7) is 3.00. The summed E-state index contributed by atoms with van der Waals surface area (Å²) in [5.74, 6) is 0.918. The smallest absolute Gasteiger partial charge is 0.408 e. The van der Waals surface area contributed by atoms with E-state index in [1.807, 2.05) is 11.0 Å². The van der Waals surface area contributed by atoms with Crippen molar-refractivity contribution in [3.63, 3.8) is 0 Å². The van der Waals surface area contributed by atoms with Gasteiger partial charge in [-0.2, -0.15) is 4.98 Å². The molecule has 3 aromatic rings. The summed E-state index contributed by atoms with van der Waals surface area (Å²) < 4.78 is 12.1. The molecule has 4 rings (SSSR count). The van der Waals surface area contributed by atoms with Crippen LogP contribution in [0.3, 0.4) is 0 Å². The Balaban J connectivity index is 1.57. The number of aryl methyl sites for hydroxylation is 1. The molecule has 0 aliphatic carbocycles. The molecule has 25 heavy (non-hydrogen) atoms. The van der Waals surface area contributed by atoms with Gasteiger partial charge in [-0.25, -0.2) is 4.79 Å². The van der Waals surface area contributed by atoms with E-state index in [-0.39, 0.29) is 11.8 Å². The number of piperidine rings is 1. The SMILES string of the molecule is CC(=O)N1CCC(c2nc(-c3ccc4c(c3)oc(=O)n4C)no2)CC1. The third kappa shape index (κ3) is 2.73. The molecule has 1 aliphatic rings. The molecule has 130 valence electrons. The maximum Gasteiger partial charge on any atom is 0.419 e. The molecule has 1 amide bonds. The quantitative estimate of drug-likeness (QED) is 0.706. The second-order valence-corrected chi connectivity index (χ2v) is 6.35. The standard InChI is InChI=1S/C17H18N4O4/c1-10(22)21-7-5-11(6-8-21)16-18-15(19-25-16)12-3-4-13-14(9-12)24-17(23)20(13)2/h3-4,9,11H,5-8H2,1-2H3. The van der Waals surface area contributed by atoms with Crippen molar-refractivity contribution >= 4 is 17.0 Å². The van der Waals surface area contributed by atoms with Gasteiger partial charge in [-0.1, -0.05) is 5.16 Å². The first-order valence-corrected chi connectivity index (χ1v) is 8.22. The van der Waals surface area contributed by atoms with E-state index in [2.05, 4.69) is 10.1 Å². The largest absolute Gasteiger partial charge is 0.419 e. The summed E-state index contributed by atoms with van der Waals surface area (Å²) in [7, 11) is 1.66. The monoisotopic (exact) mass is 342 g/mol. The van der Waals surface area contributed by atoms with Crippen LogP contribution in [0, 0.1) is 0 Å².